The molecular formula is C16H26. The fraction of sp³-hybridized carbons (Fsp3) is 0.750. The molecule has 0 heteroatoms. The molecule has 0 radical (unpaired) electrons. The molecule has 90 valence electrons. The highest BCUT2D eigenvalue weighted by molar-refractivity contribution is 5.35. The fourth-order valence-corrected chi connectivity index (χ4v) is 3.92. The lowest BCUT2D eigenvalue weighted by molar-refractivity contribution is 0.145. The lowest BCUT2D eigenvalue weighted by Crippen LogP contribution is -2.29. The van der Waals surface area contributed by atoms with Gasteiger partial charge in [0.15, 0.2) is 0 Å². The zero-order valence-electron chi connectivity index (χ0n) is 11.7. The Kier molecular flexibility index (Phi) is 2.60. The molecule has 0 aromatic rings. The predicted molar refractivity (Wildman–Crippen MR) is 71.3 cm³/mol. The van der Waals surface area contributed by atoms with E-state index in [0.717, 1.165) is 11.8 Å². The van der Waals surface area contributed by atoms with Gasteiger partial charge in [0.2, 0.25) is 0 Å². The Balaban J connectivity index is 2.45. The third kappa shape index (κ3) is 1.58. The van der Waals surface area contributed by atoms with E-state index in [9.17, 15) is 0 Å². The van der Waals surface area contributed by atoms with Crippen LogP contribution in [-0.2, 0) is 0 Å². The Morgan fingerprint density at radius 3 is 2.38 bits per heavy atom. The van der Waals surface area contributed by atoms with Gasteiger partial charge in [-0.05, 0) is 42.4 Å². The summed E-state index contributed by atoms with van der Waals surface area (Å²) in [6.45, 7) is 14.4. The minimum Gasteiger partial charge on any atom is -0.0727 e. The van der Waals surface area contributed by atoms with Crippen molar-refractivity contribution in [3.05, 3.63) is 23.3 Å². The van der Waals surface area contributed by atoms with Crippen molar-refractivity contribution in [2.75, 3.05) is 0 Å². The second-order valence-corrected chi connectivity index (χ2v) is 7.11. The molecule has 2 unspecified atom stereocenters. The first kappa shape index (κ1) is 12.0. The Labute approximate surface area is 101 Å². The van der Waals surface area contributed by atoms with Crippen molar-refractivity contribution < 1.29 is 0 Å². The standard InChI is InChI=1S/C16H26/c1-11(2)16(6)10-15(4,5)13-8-7-12(3)9-14(13)16/h7-8,11,14H,9-10H2,1-6H3. The first-order chi connectivity index (χ1) is 7.27. The third-order valence-corrected chi connectivity index (χ3v) is 5.17. The molecule has 0 bridgehead atoms. The van der Waals surface area contributed by atoms with E-state index < -0.39 is 0 Å². The van der Waals surface area contributed by atoms with E-state index in [-0.39, 0.29) is 0 Å². The maximum atomic E-state index is 2.50. The molecule has 2 rings (SSSR count). The van der Waals surface area contributed by atoms with Crippen molar-refractivity contribution in [1.82, 2.24) is 0 Å². The Bertz CT molecular complexity index is 354. The first-order valence-electron chi connectivity index (χ1n) is 6.65. The molecule has 2 aliphatic rings. The number of allylic oxidation sites excluding steroid dienone is 4. The lowest BCUT2D eigenvalue weighted by Gasteiger charge is -2.37. The van der Waals surface area contributed by atoms with Crippen LogP contribution in [0, 0.1) is 22.7 Å². The van der Waals surface area contributed by atoms with Gasteiger partial charge in [0.05, 0.1) is 0 Å². The van der Waals surface area contributed by atoms with E-state index in [1.165, 1.54) is 12.8 Å². The van der Waals surface area contributed by atoms with Crippen molar-refractivity contribution in [3.8, 4) is 0 Å². The summed E-state index contributed by atoms with van der Waals surface area (Å²) in [4.78, 5) is 0. The van der Waals surface area contributed by atoms with E-state index in [4.69, 9.17) is 0 Å². The van der Waals surface area contributed by atoms with Gasteiger partial charge in [-0.3, -0.25) is 0 Å². The Morgan fingerprint density at radius 2 is 1.81 bits per heavy atom. The minimum absolute atomic E-state index is 0.404. The number of rotatable bonds is 1. The summed E-state index contributed by atoms with van der Waals surface area (Å²) in [5.41, 5.74) is 4.15. The van der Waals surface area contributed by atoms with Crippen LogP contribution in [0.2, 0.25) is 0 Å². The monoisotopic (exact) mass is 218 g/mol. The summed E-state index contributed by atoms with van der Waals surface area (Å²) >= 11 is 0. The largest absolute Gasteiger partial charge is 0.0727 e. The van der Waals surface area contributed by atoms with Crippen LogP contribution in [0.15, 0.2) is 23.3 Å². The smallest absolute Gasteiger partial charge is 0.0101 e. The molecule has 0 heterocycles. The number of fused-ring (bicyclic) bond motifs is 1. The summed E-state index contributed by atoms with van der Waals surface area (Å²) in [6, 6.07) is 0. The highest BCUT2D eigenvalue weighted by Gasteiger charge is 2.52. The van der Waals surface area contributed by atoms with Crippen molar-refractivity contribution in [1.29, 1.82) is 0 Å². The molecule has 2 atom stereocenters. The second kappa shape index (κ2) is 3.48. The van der Waals surface area contributed by atoms with E-state index in [0.29, 0.717) is 10.8 Å². The van der Waals surface area contributed by atoms with Crippen LogP contribution in [-0.4, -0.2) is 0 Å². The van der Waals surface area contributed by atoms with Gasteiger partial charge in [-0.1, -0.05) is 57.9 Å². The van der Waals surface area contributed by atoms with Gasteiger partial charge in [-0.25, -0.2) is 0 Å². The molecule has 0 N–H and O–H groups in total. The topological polar surface area (TPSA) is 0 Å². The molecule has 1 fully saturated rings. The molecule has 0 amide bonds. The van der Waals surface area contributed by atoms with Gasteiger partial charge in [0.1, 0.15) is 0 Å². The maximum absolute atomic E-state index is 2.50. The highest BCUT2D eigenvalue weighted by Crippen LogP contribution is 2.62. The van der Waals surface area contributed by atoms with Gasteiger partial charge in [0, 0.05) is 0 Å². The van der Waals surface area contributed by atoms with E-state index in [1.807, 2.05) is 0 Å². The van der Waals surface area contributed by atoms with Crippen molar-refractivity contribution in [2.24, 2.45) is 22.7 Å². The van der Waals surface area contributed by atoms with Gasteiger partial charge in [-0.2, -0.15) is 0 Å². The summed E-state index contributed by atoms with van der Waals surface area (Å²) in [7, 11) is 0. The van der Waals surface area contributed by atoms with Crippen molar-refractivity contribution in [2.45, 2.75) is 54.4 Å². The Hall–Kier alpha value is -0.520. The quantitative estimate of drug-likeness (QED) is 0.583. The predicted octanol–water partition coefficient (Wildman–Crippen LogP) is 4.97. The number of hydrogen-bond donors (Lipinski definition) is 0. The van der Waals surface area contributed by atoms with Crippen LogP contribution < -0.4 is 0 Å². The van der Waals surface area contributed by atoms with Crippen LogP contribution in [0.3, 0.4) is 0 Å². The molecule has 0 aliphatic heterocycles. The molecule has 16 heavy (non-hydrogen) atoms. The van der Waals surface area contributed by atoms with E-state index >= 15 is 0 Å². The van der Waals surface area contributed by atoms with Crippen molar-refractivity contribution >= 4 is 0 Å². The first-order valence-corrected chi connectivity index (χ1v) is 6.65. The molecule has 0 saturated heterocycles. The molecule has 0 spiro atoms. The van der Waals surface area contributed by atoms with Gasteiger partial charge < -0.3 is 0 Å². The molecular weight excluding hydrogens is 192 g/mol. The second-order valence-electron chi connectivity index (χ2n) is 7.11. The summed E-state index contributed by atoms with van der Waals surface area (Å²) in [6.07, 6.45) is 7.37. The summed E-state index contributed by atoms with van der Waals surface area (Å²) < 4.78 is 0. The van der Waals surface area contributed by atoms with Crippen LogP contribution in [0.4, 0.5) is 0 Å². The number of hydrogen-bond acceptors (Lipinski definition) is 0. The molecule has 2 aliphatic carbocycles. The van der Waals surface area contributed by atoms with Crippen LogP contribution >= 0.6 is 0 Å². The van der Waals surface area contributed by atoms with E-state index in [2.05, 4.69) is 53.7 Å². The third-order valence-electron chi connectivity index (χ3n) is 5.17. The fourth-order valence-electron chi connectivity index (χ4n) is 3.92. The van der Waals surface area contributed by atoms with E-state index in [1.54, 1.807) is 11.1 Å². The lowest BCUT2D eigenvalue weighted by atomic mass is 9.67. The normalized spacial score (nSPS) is 37.1. The average Bonchev–Trinajstić information content (AvgIpc) is 2.35. The molecule has 1 saturated carbocycles. The van der Waals surface area contributed by atoms with Crippen LogP contribution in [0.1, 0.15) is 54.4 Å². The Morgan fingerprint density at radius 1 is 1.19 bits per heavy atom. The summed E-state index contributed by atoms with van der Waals surface area (Å²) in [5, 5.41) is 0. The zero-order valence-corrected chi connectivity index (χ0v) is 11.7. The highest BCUT2D eigenvalue weighted by atomic mass is 14.6. The zero-order chi connectivity index (χ0) is 12.1. The minimum atomic E-state index is 0.404. The van der Waals surface area contributed by atoms with Crippen molar-refractivity contribution in [3.63, 3.8) is 0 Å². The molecule has 0 aromatic heterocycles. The maximum Gasteiger partial charge on any atom is -0.0101 e. The molecule has 0 nitrogen and oxygen atoms in total. The van der Waals surface area contributed by atoms with Gasteiger partial charge in [-0.15, -0.1) is 0 Å². The summed E-state index contributed by atoms with van der Waals surface area (Å²) in [5.74, 6) is 1.56. The molecule has 0 aromatic carbocycles. The SMILES string of the molecule is CC1=CC=C2C(C1)C(C)(C(C)C)CC2(C)C. The van der Waals surface area contributed by atoms with Crippen LogP contribution in [0.25, 0.3) is 0 Å². The van der Waals surface area contributed by atoms with Gasteiger partial charge in [0.25, 0.3) is 0 Å². The van der Waals surface area contributed by atoms with Gasteiger partial charge >= 0.3 is 0 Å². The van der Waals surface area contributed by atoms with Crippen LogP contribution in [0.5, 0.6) is 0 Å². The average molecular weight is 218 g/mol.